The standard InChI is InChI=1S/C12H17FN2OS/c1-12(2,7-16)15(3)8-4-5-9(11(14)17)10(13)6-8/h4-6,16H,7H2,1-3H3,(H2,14,17). The molecule has 0 spiro atoms. The Labute approximate surface area is 106 Å². The van der Waals surface area contributed by atoms with E-state index in [0.717, 1.165) is 0 Å². The highest BCUT2D eigenvalue weighted by Crippen LogP contribution is 2.24. The Morgan fingerprint density at radius 1 is 1.53 bits per heavy atom. The van der Waals surface area contributed by atoms with Crippen LogP contribution >= 0.6 is 12.2 Å². The molecular formula is C12H17FN2OS. The van der Waals surface area contributed by atoms with Crippen LogP contribution in [0.15, 0.2) is 18.2 Å². The largest absolute Gasteiger partial charge is 0.394 e. The fourth-order valence-corrected chi connectivity index (χ4v) is 1.53. The van der Waals surface area contributed by atoms with Gasteiger partial charge in [-0.3, -0.25) is 0 Å². The third-order valence-corrected chi connectivity index (χ3v) is 3.12. The maximum atomic E-state index is 13.7. The van der Waals surface area contributed by atoms with Crippen molar-refractivity contribution in [1.29, 1.82) is 0 Å². The van der Waals surface area contributed by atoms with Crippen LogP contribution in [-0.4, -0.2) is 29.3 Å². The summed E-state index contributed by atoms with van der Waals surface area (Å²) >= 11 is 4.74. The van der Waals surface area contributed by atoms with Gasteiger partial charge in [0.15, 0.2) is 0 Å². The van der Waals surface area contributed by atoms with Crippen LogP contribution in [0.25, 0.3) is 0 Å². The molecule has 0 aliphatic heterocycles. The number of aliphatic hydroxyl groups excluding tert-OH is 1. The number of nitrogens with zero attached hydrogens (tertiary/aromatic N) is 1. The Hall–Kier alpha value is -1.20. The van der Waals surface area contributed by atoms with Gasteiger partial charge in [0.05, 0.1) is 12.1 Å². The van der Waals surface area contributed by atoms with Gasteiger partial charge in [-0.25, -0.2) is 4.39 Å². The zero-order valence-electron chi connectivity index (χ0n) is 10.2. The first kappa shape index (κ1) is 13.9. The molecule has 0 bridgehead atoms. The smallest absolute Gasteiger partial charge is 0.135 e. The lowest BCUT2D eigenvalue weighted by atomic mass is 10.0. The Kier molecular flexibility index (Phi) is 4.06. The number of halogens is 1. The summed E-state index contributed by atoms with van der Waals surface area (Å²) in [6.07, 6.45) is 0. The number of aliphatic hydroxyl groups is 1. The summed E-state index contributed by atoms with van der Waals surface area (Å²) in [6.45, 7) is 3.71. The van der Waals surface area contributed by atoms with E-state index < -0.39 is 11.4 Å². The average Bonchev–Trinajstić information content (AvgIpc) is 2.27. The summed E-state index contributed by atoms with van der Waals surface area (Å²) < 4.78 is 13.7. The maximum Gasteiger partial charge on any atom is 0.135 e. The molecule has 5 heteroatoms. The number of nitrogens with two attached hydrogens (primary N) is 1. The van der Waals surface area contributed by atoms with Gasteiger partial charge in [-0.1, -0.05) is 12.2 Å². The highest BCUT2D eigenvalue weighted by atomic mass is 32.1. The van der Waals surface area contributed by atoms with Crippen molar-refractivity contribution in [3.05, 3.63) is 29.6 Å². The van der Waals surface area contributed by atoms with E-state index in [1.54, 1.807) is 24.1 Å². The van der Waals surface area contributed by atoms with Gasteiger partial charge in [0.2, 0.25) is 0 Å². The fraction of sp³-hybridized carbons (Fsp3) is 0.417. The van der Waals surface area contributed by atoms with Gasteiger partial charge in [-0.15, -0.1) is 0 Å². The van der Waals surface area contributed by atoms with E-state index in [0.29, 0.717) is 5.69 Å². The molecule has 0 unspecified atom stereocenters. The predicted octanol–water partition coefficient (Wildman–Crippen LogP) is 1.67. The van der Waals surface area contributed by atoms with Gasteiger partial charge < -0.3 is 15.7 Å². The number of hydrogen-bond acceptors (Lipinski definition) is 3. The number of anilines is 1. The second-order valence-electron chi connectivity index (χ2n) is 4.56. The molecule has 0 aliphatic carbocycles. The van der Waals surface area contributed by atoms with Crippen molar-refractivity contribution < 1.29 is 9.50 Å². The van der Waals surface area contributed by atoms with E-state index in [2.05, 4.69) is 0 Å². The number of rotatable bonds is 4. The lowest BCUT2D eigenvalue weighted by Gasteiger charge is -2.36. The summed E-state index contributed by atoms with van der Waals surface area (Å²) in [6, 6.07) is 4.65. The number of thiocarbonyl (C=S) groups is 1. The Morgan fingerprint density at radius 3 is 2.53 bits per heavy atom. The highest BCUT2D eigenvalue weighted by molar-refractivity contribution is 7.80. The monoisotopic (exact) mass is 256 g/mol. The summed E-state index contributed by atoms with van der Waals surface area (Å²) in [4.78, 5) is 1.84. The van der Waals surface area contributed by atoms with Crippen molar-refractivity contribution in [3.8, 4) is 0 Å². The normalized spacial score (nSPS) is 11.4. The van der Waals surface area contributed by atoms with Crippen LogP contribution in [0.1, 0.15) is 19.4 Å². The first-order chi connectivity index (χ1) is 7.79. The summed E-state index contributed by atoms with van der Waals surface area (Å²) in [5.74, 6) is -0.449. The van der Waals surface area contributed by atoms with Crippen molar-refractivity contribution in [2.75, 3.05) is 18.6 Å². The molecule has 94 valence electrons. The van der Waals surface area contributed by atoms with Gasteiger partial charge in [0.1, 0.15) is 10.8 Å². The first-order valence-corrected chi connectivity index (χ1v) is 5.64. The molecule has 0 aliphatic rings. The minimum atomic E-state index is -0.461. The third kappa shape index (κ3) is 2.92. The van der Waals surface area contributed by atoms with E-state index in [1.807, 2.05) is 13.8 Å². The first-order valence-electron chi connectivity index (χ1n) is 5.23. The third-order valence-electron chi connectivity index (χ3n) is 2.90. The van der Waals surface area contributed by atoms with Crippen molar-refractivity contribution in [2.24, 2.45) is 5.73 Å². The second-order valence-corrected chi connectivity index (χ2v) is 5.00. The van der Waals surface area contributed by atoms with Crippen LogP contribution in [0.5, 0.6) is 0 Å². The Bertz CT molecular complexity index is 435. The molecule has 3 N–H and O–H groups in total. The fourth-order valence-electron chi connectivity index (χ4n) is 1.37. The van der Waals surface area contributed by atoms with Crippen LogP contribution in [0.2, 0.25) is 0 Å². The molecule has 1 aromatic rings. The molecular weight excluding hydrogens is 239 g/mol. The van der Waals surface area contributed by atoms with E-state index in [9.17, 15) is 9.50 Å². The minimum absolute atomic E-state index is 0.0256. The van der Waals surface area contributed by atoms with Crippen molar-refractivity contribution in [1.82, 2.24) is 0 Å². The molecule has 0 aromatic heterocycles. The Balaban J connectivity index is 3.10. The van der Waals surface area contributed by atoms with Crippen LogP contribution in [0.4, 0.5) is 10.1 Å². The zero-order chi connectivity index (χ0) is 13.2. The maximum absolute atomic E-state index is 13.7. The van der Waals surface area contributed by atoms with Crippen molar-refractivity contribution in [2.45, 2.75) is 19.4 Å². The lowest BCUT2D eigenvalue weighted by molar-refractivity contribution is 0.216. The molecule has 0 radical (unpaired) electrons. The summed E-state index contributed by atoms with van der Waals surface area (Å²) in [5.41, 5.74) is 5.83. The summed E-state index contributed by atoms with van der Waals surface area (Å²) in [5, 5.41) is 9.26. The van der Waals surface area contributed by atoms with E-state index in [4.69, 9.17) is 18.0 Å². The molecule has 0 fully saturated rings. The molecule has 0 atom stereocenters. The lowest BCUT2D eigenvalue weighted by Crippen LogP contribution is -2.44. The van der Waals surface area contributed by atoms with Gasteiger partial charge >= 0.3 is 0 Å². The van der Waals surface area contributed by atoms with Crippen LogP contribution in [0, 0.1) is 5.82 Å². The number of hydrogen-bond donors (Lipinski definition) is 2. The molecule has 0 amide bonds. The van der Waals surface area contributed by atoms with E-state index in [1.165, 1.54) is 6.07 Å². The van der Waals surface area contributed by atoms with Crippen molar-refractivity contribution in [3.63, 3.8) is 0 Å². The van der Waals surface area contributed by atoms with Crippen LogP contribution in [-0.2, 0) is 0 Å². The molecule has 17 heavy (non-hydrogen) atoms. The van der Waals surface area contributed by atoms with Crippen molar-refractivity contribution >= 4 is 22.9 Å². The van der Waals surface area contributed by atoms with Gasteiger partial charge in [0.25, 0.3) is 0 Å². The Morgan fingerprint density at radius 2 is 2.12 bits per heavy atom. The van der Waals surface area contributed by atoms with E-state index >= 15 is 0 Å². The molecule has 3 nitrogen and oxygen atoms in total. The van der Waals surface area contributed by atoms with Crippen LogP contribution in [0.3, 0.4) is 0 Å². The minimum Gasteiger partial charge on any atom is -0.394 e. The molecule has 0 heterocycles. The molecule has 1 rings (SSSR count). The topological polar surface area (TPSA) is 49.5 Å². The summed E-state index contributed by atoms with van der Waals surface area (Å²) in [7, 11) is 1.80. The highest BCUT2D eigenvalue weighted by Gasteiger charge is 2.23. The molecule has 0 saturated carbocycles. The quantitative estimate of drug-likeness (QED) is 0.805. The van der Waals surface area contributed by atoms with E-state index in [-0.39, 0.29) is 17.2 Å². The average molecular weight is 256 g/mol. The van der Waals surface area contributed by atoms with Gasteiger partial charge in [0, 0.05) is 18.3 Å². The second kappa shape index (κ2) is 4.98. The number of likely N-dealkylation sites (N-methyl/N-ethyl adjacent to an activating group) is 1. The SMILES string of the molecule is CN(c1ccc(C(N)=S)c(F)c1)C(C)(C)CO. The molecule has 1 aromatic carbocycles. The zero-order valence-corrected chi connectivity index (χ0v) is 11.0. The van der Waals surface area contributed by atoms with Gasteiger partial charge in [-0.05, 0) is 32.0 Å². The van der Waals surface area contributed by atoms with Gasteiger partial charge in [-0.2, -0.15) is 0 Å². The van der Waals surface area contributed by atoms with Crippen LogP contribution < -0.4 is 10.6 Å². The molecule has 0 saturated heterocycles. The predicted molar refractivity (Wildman–Crippen MR) is 71.9 cm³/mol. The number of benzene rings is 1.